The fourth-order valence-electron chi connectivity index (χ4n) is 3.25. The van der Waals surface area contributed by atoms with E-state index in [2.05, 4.69) is 41.5 Å². The summed E-state index contributed by atoms with van der Waals surface area (Å²) in [5.41, 5.74) is 2.96. The van der Waals surface area contributed by atoms with Crippen LogP contribution in [0.5, 0.6) is 0 Å². The third-order valence-corrected chi connectivity index (χ3v) is 4.52. The monoisotopic (exact) mass is 267 g/mol. The molecular formula is C17H21N3. The third-order valence-electron chi connectivity index (χ3n) is 4.52. The van der Waals surface area contributed by atoms with E-state index in [-0.39, 0.29) is 0 Å². The van der Waals surface area contributed by atoms with Crippen molar-refractivity contribution in [2.24, 2.45) is 5.92 Å². The van der Waals surface area contributed by atoms with Crippen molar-refractivity contribution < 1.29 is 0 Å². The van der Waals surface area contributed by atoms with E-state index in [4.69, 9.17) is 5.26 Å². The minimum atomic E-state index is 0.631. The molecule has 104 valence electrons. The van der Waals surface area contributed by atoms with Gasteiger partial charge in [-0.1, -0.05) is 19.4 Å². The summed E-state index contributed by atoms with van der Waals surface area (Å²) in [6.07, 6.45) is 5.31. The molecular weight excluding hydrogens is 246 g/mol. The lowest BCUT2D eigenvalue weighted by molar-refractivity contribution is 0.477. The van der Waals surface area contributed by atoms with Crippen LogP contribution in [0.4, 0.5) is 0 Å². The maximum absolute atomic E-state index is 8.91. The van der Waals surface area contributed by atoms with Crippen LogP contribution in [0.15, 0.2) is 24.3 Å². The standard InChI is InChI=1S/C17H21N3/c1-2-12-3-5-15(8-12)19-11-13-4-6-17-14(7-13)9-16(10-18)20-17/h4,6-7,9,12,15,19-20H,2-3,5,8,11H2,1H3/t12-,15+/m1/s1. The highest BCUT2D eigenvalue weighted by atomic mass is 14.9. The van der Waals surface area contributed by atoms with Crippen LogP contribution < -0.4 is 5.32 Å². The van der Waals surface area contributed by atoms with Crippen molar-refractivity contribution in [3.63, 3.8) is 0 Å². The van der Waals surface area contributed by atoms with Gasteiger partial charge < -0.3 is 10.3 Å². The molecule has 1 saturated carbocycles. The Morgan fingerprint density at radius 3 is 3.00 bits per heavy atom. The highest BCUT2D eigenvalue weighted by Crippen LogP contribution is 2.28. The summed E-state index contributed by atoms with van der Waals surface area (Å²) in [7, 11) is 0. The molecule has 0 unspecified atom stereocenters. The fraction of sp³-hybridized carbons (Fsp3) is 0.471. The molecule has 0 amide bonds. The molecule has 1 aromatic carbocycles. The van der Waals surface area contributed by atoms with E-state index < -0.39 is 0 Å². The number of hydrogen-bond acceptors (Lipinski definition) is 2. The Bertz CT molecular complexity index is 635. The number of aromatic amines is 1. The second-order valence-electron chi connectivity index (χ2n) is 5.88. The zero-order chi connectivity index (χ0) is 13.9. The normalized spacial score (nSPS) is 22.2. The van der Waals surface area contributed by atoms with E-state index in [1.54, 1.807) is 0 Å². The van der Waals surface area contributed by atoms with Crippen LogP contribution in [-0.4, -0.2) is 11.0 Å². The molecule has 0 spiro atoms. The second-order valence-corrected chi connectivity index (χ2v) is 5.88. The second kappa shape index (κ2) is 5.68. The van der Waals surface area contributed by atoms with Gasteiger partial charge in [-0.25, -0.2) is 0 Å². The van der Waals surface area contributed by atoms with Crippen LogP contribution in [-0.2, 0) is 6.54 Å². The number of benzene rings is 1. The number of nitriles is 1. The summed E-state index contributed by atoms with van der Waals surface area (Å²) in [6, 6.07) is 11.1. The maximum atomic E-state index is 8.91. The molecule has 1 aliphatic carbocycles. The summed E-state index contributed by atoms with van der Waals surface area (Å²) < 4.78 is 0. The van der Waals surface area contributed by atoms with Gasteiger partial charge in [0, 0.05) is 23.5 Å². The van der Waals surface area contributed by atoms with Gasteiger partial charge in [0.1, 0.15) is 11.8 Å². The molecule has 2 atom stereocenters. The molecule has 0 aliphatic heterocycles. The van der Waals surface area contributed by atoms with Gasteiger partial charge in [-0.15, -0.1) is 0 Å². The van der Waals surface area contributed by atoms with Gasteiger partial charge in [-0.2, -0.15) is 5.26 Å². The molecule has 1 aromatic heterocycles. The van der Waals surface area contributed by atoms with Crippen LogP contribution in [0.25, 0.3) is 10.9 Å². The quantitative estimate of drug-likeness (QED) is 0.887. The predicted octanol–water partition coefficient (Wildman–Crippen LogP) is 3.71. The summed E-state index contributed by atoms with van der Waals surface area (Å²) in [4.78, 5) is 3.10. The largest absolute Gasteiger partial charge is 0.346 e. The van der Waals surface area contributed by atoms with Crippen molar-refractivity contribution >= 4 is 10.9 Å². The first-order chi connectivity index (χ1) is 9.78. The van der Waals surface area contributed by atoms with Crippen molar-refractivity contribution in [2.45, 2.75) is 45.2 Å². The van der Waals surface area contributed by atoms with Crippen LogP contribution in [0.2, 0.25) is 0 Å². The van der Waals surface area contributed by atoms with Crippen LogP contribution in [0, 0.1) is 17.2 Å². The average molecular weight is 267 g/mol. The molecule has 3 nitrogen and oxygen atoms in total. The molecule has 1 fully saturated rings. The molecule has 0 bridgehead atoms. The van der Waals surface area contributed by atoms with Gasteiger partial charge in [0.15, 0.2) is 0 Å². The average Bonchev–Trinajstić information content (AvgIpc) is 3.10. The van der Waals surface area contributed by atoms with Crippen LogP contribution in [0.1, 0.15) is 43.9 Å². The summed E-state index contributed by atoms with van der Waals surface area (Å²) in [6.45, 7) is 3.21. The molecule has 3 heteroatoms. The Morgan fingerprint density at radius 1 is 1.35 bits per heavy atom. The van der Waals surface area contributed by atoms with Gasteiger partial charge in [0.05, 0.1) is 0 Å². The number of fused-ring (bicyclic) bond motifs is 1. The molecule has 20 heavy (non-hydrogen) atoms. The van der Waals surface area contributed by atoms with E-state index in [1.165, 1.54) is 31.2 Å². The van der Waals surface area contributed by atoms with Gasteiger partial charge in [0.25, 0.3) is 0 Å². The van der Waals surface area contributed by atoms with Crippen molar-refractivity contribution in [3.8, 4) is 6.07 Å². The number of hydrogen-bond donors (Lipinski definition) is 2. The zero-order valence-corrected chi connectivity index (χ0v) is 11.9. The number of nitrogens with zero attached hydrogens (tertiary/aromatic N) is 1. The Morgan fingerprint density at radius 2 is 2.25 bits per heavy atom. The van der Waals surface area contributed by atoms with E-state index in [9.17, 15) is 0 Å². The first-order valence-corrected chi connectivity index (χ1v) is 7.53. The Hall–Kier alpha value is -1.79. The Kier molecular flexibility index (Phi) is 3.75. The van der Waals surface area contributed by atoms with Crippen molar-refractivity contribution in [1.82, 2.24) is 10.3 Å². The lowest BCUT2D eigenvalue weighted by atomic mass is 10.1. The highest BCUT2D eigenvalue weighted by Gasteiger charge is 2.22. The molecule has 0 saturated heterocycles. The minimum absolute atomic E-state index is 0.631. The van der Waals surface area contributed by atoms with E-state index in [0.29, 0.717) is 11.7 Å². The number of rotatable bonds is 4. The van der Waals surface area contributed by atoms with Gasteiger partial charge in [-0.05, 0) is 48.9 Å². The third kappa shape index (κ3) is 2.71. The summed E-state index contributed by atoms with van der Waals surface area (Å²) in [5.74, 6) is 0.915. The van der Waals surface area contributed by atoms with Crippen molar-refractivity contribution in [1.29, 1.82) is 5.26 Å². The van der Waals surface area contributed by atoms with E-state index >= 15 is 0 Å². The minimum Gasteiger partial charge on any atom is -0.346 e. The van der Waals surface area contributed by atoms with Crippen LogP contribution in [0.3, 0.4) is 0 Å². The molecule has 2 N–H and O–H groups in total. The topological polar surface area (TPSA) is 51.6 Å². The van der Waals surface area contributed by atoms with Gasteiger partial charge in [-0.3, -0.25) is 0 Å². The lowest BCUT2D eigenvalue weighted by Gasteiger charge is -2.13. The predicted molar refractivity (Wildman–Crippen MR) is 81.3 cm³/mol. The smallest absolute Gasteiger partial charge is 0.118 e. The number of nitrogens with one attached hydrogen (secondary N) is 2. The fourth-order valence-corrected chi connectivity index (χ4v) is 3.25. The summed E-state index contributed by atoms with van der Waals surface area (Å²) >= 11 is 0. The molecule has 1 heterocycles. The zero-order valence-electron chi connectivity index (χ0n) is 11.9. The maximum Gasteiger partial charge on any atom is 0.118 e. The Balaban J connectivity index is 1.64. The first kappa shape index (κ1) is 13.2. The molecule has 1 aliphatic rings. The van der Waals surface area contributed by atoms with E-state index in [1.807, 2.05) is 6.07 Å². The Labute approximate surface area is 120 Å². The number of aromatic nitrogens is 1. The van der Waals surface area contributed by atoms with Crippen molar-refractivity contribution in [2.75, 3.05) is 0 Å². The molecule has 0 radical (unpaired) electrons. The van der Waals surface area contributed by atoms with Crippen LogP contribution >= 0.6 is 0 Å². The van der Waals surface area contributed by atoms with E-state index in [0.717, 1.165) is 23.4 Å². The van der Waals surface area contributed by atoms with Gasteiger partial charge in [0.2, 0.25) is 0 Å². The number of H-pyrrole nitrogens is 1. The van der Waals surface area contributed by atoms with Gasteiger partial charge >= 0.3 is 0 Å². The van der Waals surface area contributed by atoms with Crippen molar-refractivity contribution in [3.05, 3.63) is 35.5 Å². The molecule has 3 rings (SSSR count). The first-order valence-electron chi connectivity index (χ1n) is 7.53. The summed E-state index contributed by atoms with van der Waals surface area (Å²) in [5, 5.41) is 13.7. The lowest BCUT2D eigenvalue weighted by Crippen LogP contribution is -2.25. The molecule has 2 aromatic rings. The SMILES string of the molecule is CC[C@@H]1CC[C@H](NCc2ccc3[nH]c(C#N)cc3c2)C1. The highest BCUT2D eigenvalue weighted by molar-refractivity contribution is 5.81.